The third-order valence-corrected chi connectivity index (χ3v) is 4.30. The number of benzene rings is 1. The van der Waals surface area contributed by atoms with E-state index in [4.69, 9.17) is 4.74 Å². The van der Waals surface area contributed by atoms with Crippen LogP contribution in [-0.4, -0.2) is 35.1 Å². The van der Waals surface area contributed by atoms with Gasteiger partial charge in [-0.25, -0.2) is 9.59 Å². The van der Waals surface area contributed by atoms with Crippen LogP contribution in [0.25, 0.3) is 0 Å². The van der Waals surface area contributed by atoms with Crippen molar-refractivity contribution in [1.29, 1.82) is 0 Å². The maximum atomic E-state index is 12.8. The molecule has 3 amide bonds. The van der Waals surface area contributed by atoms with Gasteiger partial charge >= 0.3 is 12.0 Å². The van der Waals surface area contributed by atoms with E-state index >= 15 is 0 Å². The summed E-state index contributed by atoms with van der Waals surface area (Å²) in [5.41, 5.74) is -1.30. The molecule has 1 aromatic rings. The van der Waals surface area contributed by atoms with E-state index in [-0.39, 0.29) is 5.92 Å². The first-order valence-corrected chi connectivity index (χ1v) is 10.4. The van der Waals surface area contributed by atoms with E-state index in [0.717, 1.165) is 4.47 Å². The largest absolute Gasteiger partial charge is 0.458 e. The van der Waals surface area contributed by atoms with Crippen molar-refractivity contribution in [1.82, 2.24) is 10.6 Å². The highest BCUT2D eigenvalue weighted by molar-refractivity contribution is 9.10. The molecule has 1 atom stereocenters. The lowest BCUT2D eigenvalue weighted by Gasteiger charge is -2.31. The Kier molecular flexibility index (Phi) is 8.68. The van der Waals surface area contributed by atoms with Gasteiger partial charge in [0.2, 0.25) is 5.91 Å². The monoisotopic (exact) mass is 469 g/mol. The van der Waals surface area contributed by atoms with Crippen LogP contribution in [0.5, 0.6) is 0 Å². The van der Waals surface area contributed by atoms with Crippen molar-refractivity contribution in [2.45, 2.75) is 72.1 Å². The van der Waals surface area contributed by atoms with Gasteiger partial charge in [-0.15, -0.1) is 0 Å². The van der Waals surface area contributed by atoms with Crippen molar-refractivity contribution in [3.63, 3.8) is 0 Å². The Morgan fingerprint density at radius 3 is 2.07 bits per heavy atom. The maximum Gasteiger partial charge on any atom is 0.331 e. The predicted octanol–water partition coefficient (Wildman–Crippen LogP) is 4.22. The van der Waals surface area contributed by atoms with Crippen LogP contribution in [-0.2, 0) is 14.3 Å². The standard InChI is InChI=1S/C21H32BrN3O4/c1-13(2)12-16(24-19(28)23-15-10-8-14(22)9-11-15)17(26)25-21(6,7)18(27)29-20(3,4)5/h8-11,13,16H,12H2,1-7H3,(H,25,26)(H2,23,24,28). The van der Waals surface area contributed by atoms with Crippen LogP contribution in [0.15, 0.2) is 28.7 Å². The number of esters is 1. The molecule has 0 saturated carbocycles. The summed E-state index contributed by atoms with van der Waals surface area (Å²) >= 11 is 3.34. The fraction of sp³-hybridized carbons (Fsp3) is 0.571. The highest BCUT2D eigenvalue weighted by Crippen LogP contribution is 2.16. The third-order valence-electron chi connectivity index (χ3n) is 3.78. The van der Waals surface area contributed by atoms with Crippen molar-refractivity contribution in [2.24, 2.45) is 5.92 Å². The van der Waals surface area contributed by atoms with Crippen molar-refractivity contribution in [2.75, 3.05) is 5.32 Å². The Bertz CT molecular complexity index is 724. The topological polar surface area (TPSA) is 96.5 Å². The highest BCUT2D eigenvalue weighted by Gasteiger charge is 2.36. The molecule has 0 radical (unpaired) electrons. The summed E-state index contributed by atoms with van der Waals surface area (Å²) in [6.45, 7) is 12.3. The molecule has 162 valence electrons. The van der Waals surface area contributed by atoms with Crippen LogP contribution in [0.1, 0.15) is 54.9 Å². The Morgan fingerprint density at radius 2 is 1.59 bits per heavy atom. The second-order valence-corrected chi connectivity index (χ2v) is 9.82. The number of hydrogen-bond donors (Lipinski definition) is 3. The van der Waals surface area contributed by atoms with Crippen LogP contribution in [0.2, 0.25) is 0 Å². The number of hydrogen-bond acceptors (Lipinski definition) is 4. The number of carbonyl (C=O) groups excluding carboxylic acids is 3. The molecule has 0 aliphatic heterocycles. The Balaban J connectivity index is 2.82. The number of nitrogens with one attached hydrogen (secondary N) is 3. The minimum atomic E-state index is -1.23. The molecule has 0 spiro atoms. The Labute approximate surface area is 181 Å². The average Bonchev–Trinajstić information content (AvgIpc) is 2.54. The van der Waals surface area contributed by atoms with E-state index in [1.54, 1.807) is 58.9 Å². The molecule has 0 aliphatic rings. The minimum Gasteiger partial charge on any atom is -0.458 e. The smallest absolute Gasteiger partial charge is 0.331 e. The van der Waals surface area contributed by atoms with Crippen molar-refractivity contribution < 1.29 is 19.1 Å². The molecule has 3 N–H and O–H groups in total. The van der Waals surface area contributed by atoms with Gasteiger partial charge in [0, 0.05) is 10.2 Å². The van der Waals surface area contributed by atoms with E-state index in [1.807, 2.05) is 13.8 Å². The number of amides is 3. The summed E-state index contributed by atoms with van der Waals surface area (Å²) in [5.74, 6) is -0.829. The molecular weight excluding hydrogens is 438 g/mol. The molecule has 0 aromatic heterocycles. The lowest BCUT2D eigenvalue weighted by molar-refractivity contribution is -0.163. The zero-order valence-electron chi connectivity index (χ0n) is 18.2. The first-order valence-electron chi connectivity index (χ1n) is 9.58. The van der Waals surface area contributed by atoms with E-state index in [9.17, 15) is 14.4 Å². The molecule has 7 nitrogen and oxygen atoms in total. The van der Waals surface area contributed by atoms with E-state index in [1.165, 1.54) is 0 Å². The van der Waals surface area contributed by atoms with Gasteiger partial charge in [0.1, 0.15) is 17.2 Å². The molecule has 0 heterocycles. The molecule has 0 aliphatic carbocycles. The van der Waals surface area contributed by atoms with Crippen LogP contribution in [0.4, 0.5) is 10.5 Å². The van der Waals surface area contributed by atoms with Gasteiger partial charge in [-0.1, -0.05) is 29.8 Å². The normalized spacial score (nSPS) is 12.9. The summed E-state index contributed by atoms with van der Waals surface area (Å²) < 4.78 is 6.27. The van der Waals surface area contributed by atoms with Crippen molar-refractivity contribution >= 4 is 39.5 Å². The van der Waals surface area contributed by atoms with E-state index in [2.05, 4.69) is 31.9 Å². The predicted molar refractivity (Wildman–Crippen MR) is 118 cm³/mol. The van der Waals surface area contributed by atoms with Crippen LogP contribution >= 0.6 is 15.9 Å². The lowest BCUT2D eigenvalue weighted by Crippen LogP contribution is -2.58. The highest BCUT2D eigenvalue weighted by atomic mass is 79.9. The van der Waals surface area contributed by atoms with Gasteiger partial charge < -0.3 is 20.7 Å². The molecule has 8 heteroatoms. The second-order valence-electron chi connectivity index (χ2n) is 8.90. The zero-order valence-corrected chi connectivity index (χ0v) is 19.8. The molecule has 1 rings (SSSR count). The van der Waals surface area contributed by atoms with Crippen molar-refractivity contribution in [3.05, 3.63) is 28.7 Å². The molecule has 0 fully saturated rings. The summed E-state index contributed by atoms with van der Waals surface area (Å²) in [6, 6.07) is 5.80. The molecule has 1 aromatic carbocycles. The summed E-state index contributed by atoms with van der Waals surface area (Å²) in [5, 5.41) is 8.10. The number of rotatable bonds is 7. The van der Waals surface area contributed by atoms with Gasteiger partial charge in [-0.3, -0.25) is 4.79 Å². The Hall–Kier alpha value is -2.09. The van der Waals surface area contributed by atoms with Gasteiger partial charge in [0.25, 0.3) is 0 Å². The van der Waals surface area contributed by atoms with Gasteiger partial charge in [-0.2, -0.15) is 0 Å². The second kappa shape index (κ2) is 10.1. The SMILES string of the molecule is CC(C)CC(NC(=O)Nc1ccc(Br)cc1)C(=O)NC(C)(C)C(=O)OC(C)(C)C. The Morgan fingerprint density at radius 1 is 1.03 bits per heavy atom. The number of halogens is 1. The van der Waals surface area contributed by atoms with Gasteiger partial charge in [0.15, 0.2) is 0 Å². The summed E-state index contributed by atoms with van der Waals surface area (Å²) in [6.07, 6.45) is 0.421. The number of anilines is 1. The minimum absolute atomic E-state index is 0.156. The molecular formula is C21H32BrN3O4. The zero-order chi connectivity index (χ0) is 22.4. The quantitative estimate of drug-likeness (QED) is 0.520. The average molecular weight is 470 g/mol. The van der Waals surface area contributed by atoms with Crippen molar-refractivity contribution in [3.8, 4) is 0 Å². The van der Waals surface area contributed by atoms with Crippen LogP contribution in [0, 0.1) is 5.92 Å². The summed E-state index contributed by atoms with van der Waals surface area (Å²) in [4.78, 5) is 37.6. The maximum absolute atomic E-state index is 12.8. The fourth-order valence-corrected chi connectivity index (χ4v) is 2.68. The number of carbonyl (C=O) groups is 3. The van der Waals surface area contributed by atoms with Gasteiger partial charge in [-0.05, 0) is 71.2 Å². The lowest BCUT2D eigenvalue weighted by atomic mass is 10.00. The number of urea groups is 1. The molecule has 1 unspecified atom stereocenters. The van der Waals surface area contributed by atoms with Crippen LogP contribution in [0.3, 0.4) is 0 Å². The first kappa shape index (κ1) is 24.9. The van der Waals surface area contributed by atoms with E-state index < -0.39 is 35.1 Å². The molecule has 29 heavy (non-hydrogen) atoms. The molecule has 0 bridgehead atoms. The fourth-order valence-electron chi connectivity index (χ4n) is 2.41. The number of ether oxygens (including phenoxy) is 1. The van der Waals surface area contributed by atoms with Gasteiger partial charge in [0.05, 0.1) is 0 Å². The summed E-state index contributed by atoms with van der Waals surface area (Å²) in [7, 11) is 0. The van der Waals surface area contributed by atoms with Crippen LogP contribution < -0.4 is 16.0 Å². The third kappa shape index (κ3) is 9.30. The first-order chi connectivity index (χ1) is 13.2. The molecule has 0 saturated heterocycles. The van der Waals surface area contributed by atoms with E-state index in [0.29, 0.717) is 12.1 Å².